The maximum atomic E-state index is 12.8. The summed E-state index contributed by atoms with van der Waals surface area (Å²) in [6.45, 7) is 8.59. The van der Waals surface area contributed by atoms with Gasteiger partial charge in [-0.2, -0.15) is 0 Å². The van der Waals surface area contributed by atoms with Crippen molar-refractivity contribution in [3.63, 3.8) is 0 Å². The van der Waals surface area contributed by atoms with Gasteiger partial charge in [-0.15, -0.1) is 0 Å². The zero-order valence-electron chi connectivity index (χ0n) is 14.5. The van der Waals surface area contributed by atoms with Crippen molar-refractivity contribution in [2.75, 3.05) is 25.1 Å². The summed E-state index contributed by atoms with van der Waals surface area (Å²) in [6.07, 6.45) is 4.68. The van der Waals surface area contributed by atoms with Crippen molar-refractivity contribution in [2.45, 2.75) is 33.6 Å². The maximum absolute atomic E-state index is 12.8. The van der Waals surface area contributed by atoms with Crippen molar-refractivity contribution >= 4 is 11.6 Å². The molecule has 2 aliphatic rings. The first-order valence-electron chi connectivity index (χ1n) is 8.35. The molecule has 3 rings (SSSR count). The van der Waals surface area contributed by atoms with Crippen molar-refractivity contribution < 1.29 is 9.53 Å². The van der Waals surface area contributed by atoms with E-state index in [4.69, 9.17) is 4.74 Å². The van der Waals surface area contributed by atoms with Gasteiger partial charge in [-0.05, 0) is 42.5 Å². The van der Waals surface area contributed by atoms with E-state index in [0.717, 1.165) is 30.2 Å². The first-order valence-corrected chi connectivity index (χ1v) is 8.35. The lowest BCUT2D eigenvalue weighted by Crippen LogP contribution is -2.56. The highest BCUT2D eigenvalue weighted by molar-refractivity contribution is 6.08. The van der Waals surface area contributed by atoms with Gasteiger partial charge in [0.1, 0.15) is 5.75 Å². The zero-order valence-corrected chi connectivity index (χ0v) is 14.5. The average Bonchev–Trinajstić information content (AvgIpc) is 2.99. The van der Waals surface area contributed by atoms with Gasteiger partial charge in [0, 0.05) is 25.0 Å². The largest absolute Gasteiger partial charge is 0.497 e. The summed E-state index contributed by atoms with van der Waals surface area (Å²) < 4.78 is 5.21. The van der Waals surface area contributed by atoms with Crippen molar-refractivity contribution in [2.24, 2.45) is 11.3 Å². The third-order valence-corrected chi connectivity index (χ3v) is 4.67. The van der Waals surface area contributed by atoms with Crippen LogP contribution in [0.1, 0.15) is 33.6 Å². The van der Waals surface area contributed by atoms with Crippen LogP contribution in [0.4, 0.5) is 5.69 Å². The summed E-state index contributed by atoms with van der Waals surface area (Å²) >= 11 is 0. The van der Waals surface area contributed by atoms with Gasteiger partial charge >= 0.3 is 0 Å². The third-order valence-electron chi connectivity index (χ3n) is 4.67. The Labute approximate surface area is 138 Å². The van der Waals surface area contributed by atoms with Gasteiger partial charge < -0.3 is 9.64 Å². The monoisotopic (exact) mass is 314 g/mol. The molecule has 0 aliphatic carbocycles. The minimum absolute atomic E-state index is 0.0369. The number of anilines is 1. The number of carbonyl (C=O) groups excluding carboxylic acids is 1. The Morgan fingerprint density at radius 2 is 1.74 bits per heavy atom. The molecule has 1 aromatic rings. The lowest BCUT2D eigenvalue weighted by molar-refractivity contribution is -0.128. The fourth-order valence-corrected chi connectivity index (χ4v) is 3.46. The number of rotatable bonds is 3. The molecule has 0 saturated carbocycles. The summed E-state index contributed by atoms with van der Waals surface area (Å²) in [5.41, 5.74) is 1.97. The van der Waals surface area contributed by atoms with Crippen molar-refractivity contribution in [1.82, 2.24) is 4.90 Å². The molecule has 2 fully saturated rings. The lowest BCUT2D eigenvalue weighted by atomic mass is 9.72. The van der Waals surface area contributed by atoms with Crippen molar-refractivity contribution in [3.05, 3.63) is 36.2 Å². The van der Waals surface area contributed by atoms with E-state index in [0.29, 0.717) is 0 Å². The van der Waals surface area contributed by atoms with Gasteiger partial charge in [0.2, 0.25) is 5.91 Å². The number of likely N-dealkylation sites (tertiary alicyclic amines) is 1. The van der Waals surface area contributed by atoms with Gasteiger partial charge in [0.25, 0.3) is 0 Å². The van der Waals surface area contributed by atoms with E-state index < -0.39 is 0 Å². The number of nitrogens with zero attached hydrogens (tertiary/aromatic N) is 2. The molecule has 0 N–H and O–H groups in total. The number of hydrogen-bond acceptors (Lipinski definition) is 3. The van der Waals surface area contributed by atoms with Gasteiger partial charge in [-0.25, -0.2) is 0 Å². The number of hydrogen-bond donors (Lipinski definition) is 0. The quantitative estimate of drug-likeness (QED) is 0.799. The first-order chi connectivity index (χ1) is 10.9. The molecule has 0 spiro atoms. The van der Waals surface area contributed by atoms with Crippen LogP contribution < -0.4 is 9.64 Å². The van der Waals surface area contributed by atoms with E-state index >= 15 is 0 Å². The maximum Gasteiger partial charge on any atom is 0.241 e. The molecule has 0 bridgehead atoms. The topological polar surface area (TPSA) is 32.8 Å². The van der Waals surface area contributed by atoms with Crippen LogP contribution in [0.15, 0.2) is 36.2 Å². The van der Waals surface area contributed by atoms with E-state index in [9.17, 15) is 4.79 Å². The Morgan fingerprint density at radius 1 is 1.13 bits per heavy atom. The van der Waals surface area contributed by atoms with Crippen molar-refractivity contribution in [3.8, 4) is 5.75 Å². The molecule has 1 unspecified atom stereocenters. The van der Waals surface area contributed by atoms with Gasteiger partial charge in [0.05, 0.1) is 18.7 Å². The van der Waals surface area contributed by atoms with Gasteiger partial charge in [0.15, 0.2) is 0 Å². The summed E-state index contributed by atoms with van der Waals surface area (Å²) in [4.78, 5) is 17.0. The standard InChI is InChI=1S/C19H26N2O2/c1-19(2,3)17-16(13-20-11-5-6-12-20)21(18(17)22)14-7-9-15(23-4)10-8-14/h7-10,13,17H,5-6,11-12H2,1-4H3/b16-13-. The number of β-lactam (4-membered cyclic amide) rings is 1. The molecule has 4 heteroatoms. The van der Waals surface area contributed by atoms with Crippen molar-refractivity contribution in [1.29, 1.82) is 0 Å². The van der Waals surface area contributed by atoms with E-state index in [2.05, 4.69) is 31.9 Å². The summed E-state index contributed by atoms with van der Waals surface area (Å²) in [6, 6.07) is 7.71. The molecule has 1 amide bonds. The Kier molecular flexibility index (Phi) is 4.09. The highest BCUT2D eigenvalue weighted by Crippen LogP contribution is 2.46. The van der Waals surface area contributed by atoms with E-state index in [1.807, 2.05) is 29.2 Å². The molecule has 2 aliphatic heterocycles. The fraction of sp³-hybridized carbons (Fsp3) is 0.526. The van der Waals surface area contributed by atoms with E-state index in [-0.39, 0.29) is 17.2 Å². The average molecular weight is 314 g/mol. The minimum atomic E-state index is -0.0639. The molecule has 1 aromatic carbocycles. The zero-order chi connectivity index (χ0) is 16.6. The molecule has 4 nitrogen and oxygen atoms in total. The molecule has 2 heterocycles. The smallest absolute Gasteiger partial charge is 0.241 e. The second kappa shape index (κ2) is 5.91. The highest BCUT2D eigenvalue weighted by atomic mass is 16.5. The molecular weight excluding hydrogens is 288 g/mol. The molecule has 23 heavy (non-hydrogen) atoms. The molecule has 124 valence electrons. The summed E-state index contributed by atoms with van der Waals surface area (Å²) in [7, 11) is 1.65. The predicted molar refractivity (Wildman–Crippen MR) is 92.3 cm³/mol. The fourth-order valence-electron chi connectivity index (χ4n) is 3.46. The molecular formula is C19H26N2O2. The van der Waals surface area contributed by atoms with Crippen LogP contribution >= 0.6 is 0 Å². The summed E-state index contributed by atoms with van der Waals surface area (Å²) in [5.74, 6) is 0.956. The van der Waals surface area contributed by atoms with Crippen LogP contribution in [0.25, 0.3) is 0 Å². The second-order valence-electron chi connectivity index (χ2n) is 7.47. The highest BCUT2D eigenvalue weighted by Gasteiger charge is 2.49. The van der Waals surface area contributed by atoms with Crippen LogP contribution in [0.3, 0.4) is 0 Å². The molecule has 1 atom stereocenters. The normalized spacial score (nSPS) is 23.4. The predicted octanol–water partition coefficient (Wildman–Crippen LogP) is 3.64. The molecule has 0 aromatic heterocycles. The van der Waals surface area contributed by atoms with E-state index in [1.54, 1.807) is 7.11 Å². The summed E-state index contributed by atoms with van der Waals surface area (Å²) in [5, 5.41) is 0. The van der Waals surface area contributed by atoms with Gasteiger partial charge in [-0.1, -0.05) is 20.8 Å². The Morgan fingerprint density at radius 3 is 2.26 bits per heavy atom. The van der Waals surface area contributed by atoms with Crippen LogP contribution in [-0.2, 0) is 4.79 Å². The Balaban J connectivity index is 1.92. The number of benzene rings is 1. The number of carbonyl (C=O) groups is 1. The number of ether oxygens (including phenoxy) is 1. The SMILES string of the molecule is COc1ccc(N2C(=O)C(C(C)(C)C)/C2=C/N2CCCC2)cc1. The molecule has 0 radical (unpaired) electrons. The second-order valence-corrected chi connectivity index (χ2v) is 7.47. The van der Waals surface area contributed by atoms with Crippen LogP contribution in [0, 0.1) is 11.3 Å². The number of methoxy groups -OCH3 is 1. The van der Waals surface area contributed by atoms with Gasteiger partial charge in [-0.3, -0.25) is 9.69 Å². The third kappa shape index (κ3) is 2.94. The number of amides is 1. The van der Waals surface area contributed by atoms with Crippen LogP contribution in [0.2, 0.25) is 0 Å². The minimum Gasteiger partial charge on any atom is -0.497 e. The van der Waals surface area contributed by atoms with Crippen LogP contribution in [0.5, 0.6) is 5.75 Å². The Bertz CT molecular complexity index is 607. The van der Waals surface area contributed by atoms with E-state index in [1.165, 1.54) is 12.8 Å². The first kappa shape index (κ1) is 15.9. The Hall–Kier alpha value is -1.97. The van der Waals surface area contributed by atoms with Crippen LogP contribution in [-0.4, -0.2) is 31.0 Å². The molecule has 2 saturated heterocycles. The lowest BCUT2D eigenvalue weighted by Gasteiger charge is -2.47.